The van der Waals surface area contributed by atoms with Crippen molar-refractivity contribution in [3.63, 3.8) is 0 Å². The summed E-state index contributed by atoms with van der Waals surface area (Å²) in [7, 11) is 0. The number of nitrogens with zero attached hydrogens (tertiary/aromatic N) is 1. The third-order valence-electron chi connectivity index (χ3n) is 3.26. The highest BCUT2D eigenvalue weighted by Gasteiger charge is 2.03. The van der Waals surface area contributed by atoms with Crippen LogP contribution < -0.4 is 5.43 Å². The van der Waals surface area contributed by atoms with Gasteiger partial charge >= 0.3 is 0 Å². The fourth-order valence-corrected chi connectivity index (χ4v) is 3.23. The predicted molar refractivity (Wildman–Crippen MR) is 102 cm³/mol. The molecule has 0 saturated carbocycles. The van der Waals surface area contributed by atoms with E-state index in [0.29, 0.717) is 17.9 Å². The van der Waals surface area contributed by atoms with Crippen LogP contribution in [0.4, 0.5) is 0 Å². The first-order valence-electron chi connectivity index (χ1n) is 6.97. The van der Waals surface area contributed by atoms with Gasteiger partial charge in [0.25, 0.3) is 0 Å². The number of hydrazone groups is 1. The second-order valence-electron chi connectivity index (χ2n) is 5.03. The number of aryl methyl sites for hydroxylation is 1. The summed E-state index contributed by atoms with van der Waals surface area (Å²) in [6.45, 7) is 2.01. The van der Waals surface area contributed by atoms with Gasteiger partial charge in [0.2, 0.25) is 5.91 Å². The van der Waals surface area contributed by atoms with Gasteiger partial charge in [-0.05, 0) is 54.3 Å². The van der Waals surface area contributed by atoms with Crippen LogP contribution >= 0.6 is 43.5 Å². The Morgan fingerprint density at radius 1 is 1.22 bits per heavy atom. The summed E-state index contributed by atoms with van der Waals surface area (Å²) in [6, 6.07) is 11.4. The molecular formula is C17H15Br2ClN2O. The molecule has 0 unspecified atom stereocenters. The zero-order valence-corrected chi connectivity index (χ0v) is 16.4. The maximum absolute atomic E-state index is 11.8. The maximum Gasteiger partial charge on any atom is 0.240 e. The number of amides is 1. The quantitative estimate of drug-likeness (QED) is 0.482. The summed E-state index contributed by atoms with van der Waals surface area (Å²) >= 11 is 12.8. The number of hydrogen-bond donors (Lipinski definition) is 1. The van der Waals surface area contributed by atoms with Gasteiger partial charge < -0.3 is 0 Å². The summed E-state index contributed by atoms with van der Waals surface area (Å²) in [4.78, 5) is 11.8. The van der Waals surface area contributed by atoms with Crippen molar-refractivity contribution in [3.8, 4) is 0 Å². The topological polar surface area (TPSA) is 41.5 Å². The van der Waals surface area contributed by atoms with E-state index in [4.69, 9.17) is 11.6 Å². The summed E-state index contributed by atoms with van der Waals surface area (Å²) in [5, 5.41) is 4.69. The monoisotopic (exact) mass is 456 g/mol. The molecule has 0 aliphatic rings. The molecule has 0 saturated heterocycles. The van der Waals surface area contributed by atoms with Crippen LogP contribution in [-0.4, -0.2) is 12.1 Å². The minimum Gasteiger partial charge on any atom is -0.273 e. The first-order valence-corrected chi connectivity index (χ1v) is 8.94. The van der Waals surface area contributed by atoms with Gasteiger partial charge in [-0.2, -0.15) is 5.10 Å². The third kappa shape index (κ3) is 5.75. The highest BCUT2D eigenvalue weighted by molar-refractivity contribution is 9.11. The molecule has 0 radical (unpaired) electrons. The van der Waals surface area contributed by atoms with Crippen LogP contribution in [0.25, 0.3) is 0 Å². The molecule has 2 aromatic rings. The van der Waals surface area contributed by atoms with Crippen molar-refractivity contribution < 1.29 is 4.79 Å². The normalized spacial score (nSPS) is 11.0. The summed E-state index contributed by atoms with van der Waals surface area (Å²) in [6.07, 6.45) is 2.65. The molecule has 0 aromatic heterocycles. The molecule has 120 valence electrons. The molecule has 1 amide bonds. The standard InChI is InChI=1S/C17H15Br2ClN2O/c1-11-15(18)8-13(9-16(11)19)10-21-22-17(23)7-4-12-2-5-14(20)6-3-12/h2-3,5-6,8-10H,4,7H2,1H3,(H,22,23)/b21-10-. The molecule has 0 fully saturated rings. The lowest BCUT2D eigenvalue weighted by Crippen LogP contribution is -2.17. The molecular weight excluding hydrogens is 443 g/mol. The number of hydrogen-bond acceptors (Lipinski definition) is 2. The lowest BCUT2D eigenvalue weighted by Gasteiger charge is -2.04. The molecule has 0 aliphatic heterocycles. The van der Waals surface area contributed by atoms with Crippen LogP contribution in [0.5, 0.6) is 0 Å². The van der Waals surface area contributed by atoms with E-state index in [1.54, 1.807) is 6.21 Å². The molecule has 2 aromatic carbocycles. The van der Waals surface area contributed by atoms with Gasteiger partial charge in [0.15, 0.2) is 0 Å². The maximum atomic E-state index is 11.8. The average molecular weight is 459 g/mol. The molecule has 2 rings (SSSR count). The zero-order valence-electron chi connectivity index (χ0n) is 12.4. The fraction of sp³-hybridized carbons (Fsp3) is 0.176. The van der Waals surface area contributed by atoms with Crippen molar-refractivity contribution in [1.82, 2.24) is 5.43 Å². The van der Waals surface area contributed by atoms with Crippen molar-refractivity contribution in [3.05, 3.63) is 67.1 Å². The van der Waals surface area contributed by atoms with E-state index in [1.807, 2.05) is 43.3 Å². The van der Waals surface area contributed by atoms with E-state index in [1.165, 1.54) is 0 Å². The Labute approximate surface area is 157 Å². The van der Waals surface area contributed by atoms with Gasteiger partial charge in [-0.25, -0.2) is 5.43 Å². The van der Waals surface area contributed by atoms with Gasteiger partial charge in [-0.1, -0.05) is 55.6 Å². The summed E-state index contributed by atoms with van der Waals surface area (Å²) < 4.78 is 1.98. The lowest BCUT2D eigenvalue weighted by molar-refractivity contribution is -0.121. The van der Waals surface area contributed by atoms with E-state index >= 15 is 0 Å². The molecule has 0 aliphatic carbocycles. The Morgan fingerprint density at radius 2 is 1.83 bits per heavy atom. The third-order valence-corrected chi connectivity index (χ3v) is 5.16. The van der Waals surface area contributed by atoms with Crippen molar-refractivity contribution in [2.45, 2.75) is 19.8 Å². The van der Waals surface area contributed by atoms with E-state index in [0.717, 1.165) is 25.6 Å². The zero-order chi connectivity index (χ0) is 16.8. The molecule has 3 nitrogen and oxygen atoms in total. The Balaban J connectivity index is 1.85. The number of carbonyl (C=O) groups is 1. The number of rotatable bonds is 5. The Kier molecular flexibility index (Phi) is 6.81. The highest BCUT2D eigenvalue weighted by atomic mass is 79.9. The second-order valence-corrected chi connectivity index (χ2v) is 7.17. The van der Waals surface area contributed by atoms with Crippen molar-refractivity contribution in [1.29, 1.82) is 0 Å². The van der Waals surface area contributed by atoms with E-state index in [9.17, 15) is 4.79 Å². The number of benzene rings is 2. The van der Waals surface area contributed by atoms with Crippen molar-refractivity contribution >= 4 is 55.6 Å². The van der Waals surface area contributed by atoms with E-state index in [2.05, 4.69) is 42.4 Å². The molecule has 1 N–H and O–H groups in total. The molecule has 23 heavy (non-hydrogen) atoms. The van der Waals surface area contributed by atoms with Gasteiger partial charge in [0.1, 0.15) is 0 Å². The van der Waals surface area contributed by atoms with Crippen LogP contribution in [0, 0.1) is 6.92 Å². The Bertz CT molecular complexity index is 707. The molecule has 0 atom stereocenters. The van der Waals surface area contributed by atoms with Gasteiger partial charge in [0.05, 0.1) is 6.21 Å². The first kappa shape index (κ1) is 18.2. The van der Waals surface area contributed by atoms with Crippen LogP contribution in [0.2, 0.25) is 5.02 Å². The lowest BCUT2D eigenvalue weighted by atomic mass is 10.1. The molecule has 0 spiro atoms. The molecule has 6 heteroatoms. The largest absolute Gasteiger partial charge is 0.273 e. The van der Waals surface area contributed by atoms with Gasteiger partial charge in [-0.3, -0.25) is 4.79 Å². The van der Waals surface area contributed by atoms with E-state index < -0.39 is 0 Å². The van der Waals surface area contributed by atoms with Crippen molar-refractivity contribution in [2.24, 2.45) is 5.10 Å². The van der Waals surface area contributed by atoms with Crippen LogP contribution in [0.15, 0.2) is 50.4 Å². The smallest absolute Gasteiger partial charge is 0.240 e. The molecule has 0 heterocycles. The van der Waals surface area contributed by atoms with Gasteiger partial charge in [-0.15, -0.1) is 0 Å². The molecule has 0 bridgehead atoms. The predicted octanol–water partition coefficient (Wildman–Crippen LogP) is 5.26. The first-order chi connectivity index (χ1) is 11.0. The SMILES string of the molecule is Cc1c(Br)cc(/C=N\NC(=O)CCc2ccc(Cl)cc2)cc1Br. The fourth-order valence-electron chi connectivity index (χ4n) is 1.88. The van der Waals surface area contributed by atoms with Crippen LogP contribution in [-0.2, 0) is 11.2 Å². The Hall–Kier alpha value is -1.17. The second kappa shape index (κ2) is 8.62. The van der Waals surface area contributed by atoms with E-state index in [-0.39, 0.29) is 5.91 Å². The Morgan fingerprint density at radius 3 is 2.43 bits per heavy atom. The summed E-state index contributed by atoms with van der Waals surface area (Å²) in [5.41, 5.74) is 5.62. The minimum absolute atomic E-state index is 0.124. The number of halogens is 3. The summed E-state index contributed by atoms with van der Waals surface area (Å²) in [5.74, 6) is -0.124. The highest BCUT2D eigenvalue weighted by Crippen LogP contribution is 2.25. The number of nitrogens with one attached hydrogen (secondary N) is 1. The number of carbonyl (C=O) groups excluding carboxylic acids is 1. The minimum atomic E-state index is -0.124. The van der Waals surface area contributed by atoms with Crippen LogP contribution in [0.3, 0.4) is 0 Å². The van der Waals surface area contributed by atoms with Crippen molar-refractivity contribution in [2.75, 3.05) is 0 Å². The van der Waals surface area contributed by atoms with Gasteiger partial charge in [0, 0.05) is 20.4 Å². The van der Waals surface area contributed by atoms with Crippen LogP contribution in [0.1, 0.15) is 23.1 Å². The average Bonchev–Trinajstić information content (AvgIpc) is 2.52.